The Morgan fingerprint density at radius 2 is 2.37 bits per heavy atom. The van der Waals surface area contributed by atoms with Crippen LogP contribution in [0.5, 0.6) is 0 Å². The van der Waals surface area contributed by atoms with Crippen LogP contribution in [-0.2, 0) is 13.0 Å². The summed E-state index contributed by atoms with van der Waals surface area (Å²) in [5.74, 6) is 0.951. The first kappa shape index (κ1) is 10.9. The summed E-state index contributed by atoms with van der Waals surface area (Å²) in [6.45, 7) is 3.06. The van der Waals surface area contributed by atoms with Crippen LogP contribution in [0.1, 0.15) is 11.3 Å². The molecule has 96 valence electrons. The SMILES string of the molecule is Cc1csc2ncnc(NC3Cc4cncn4C3)c12. The monoisotopic (exact) mass is 271 g/mol. The fourth-order valence-corrected chi connectivity index (χ4v) is 3.54. The minimum Gasteiger partial charge on any atom is -0.364 e. The molecular formula is C13H13N5S. The average molecular weight is 271 g/mol. The molecule has 1 unspecified atom stereocenters. The van der Waals surface area contributed by atoms with Crippen LogP contribution in [-0.4, -0.2) is 25.6 Å². The number of fused-ring (bicyclic) bond motifs is 2. The first-order valence-corrected chi connectivity index (χ1v) is 7.13. The second-order valence-electron chi connectivity index (χ2n) is 4.90. The number of aryl methyl sites for hydroxylation is 1. The van der Waals surface area contributed by atoms with Crippen molar-refractivity contribution < 1.29 is 0 Å². The summed E-state index contributed by atoms with van der Waals surface area (Å²) in [5.41, 5.74) is 2.52. The molecule has 0 saturated heterocycles. The molecule has 0 bridgehead atoms. The van der Waals surface area contributed by atoms with E-state index >= 15 is 0 Å². The molecule has 5 nitrogen and oxygen atoms in total. The Balaban J connectivity index is 1.66. The minimum atomic E-state index is 0.385. The van der Waals surface area contributed by atoms with Crippen molar-refractivity contribution in [3.8, 4) is 0 Å². The molecule has 1 N–H and O–H groups in total. The molecule has 4 rings (SSSR count). The third kappa shape index (κ3) is 1.71. The Labute approximate surface area is 114 Å². The van der Waals surface area contributed by atoms with E-state index in [9.17, 15) is 0 Å². The van der Waals surface area contributed by atoms with E-state index in [1.807, 2.05) is 12.5 Å². The van der Waals surface area contributed by atoms with Crippen LogP contribution in [0.2, 0.25) is 0 Å². The zero-order valence-electron chi connectivity index (χ0n) is 10.5. The number of nitrogens with one attached hydrogen (secondary N) is 1. The summed E-state index contributed by atoms with van der Waals surface area (Å²) in [6, 6.07) is 0.385. The van der Waals surface area contributed by atoms with E-state index in [4.69, 9.17) is 0 Å². The molecule has 0 spiro atoms. The summed E-state index contributed by atoms with van der Waals surface area (Å²) in [5, 5.41) is 6.84. The molecule has 4 heterocycles. The first-order chi connectivity index (χ1) is 9.31. The van der Waals surface area contributed by atoms with Gasteiger partial charge in [-0.15, -0.1) is 11.3 Å². The number of nitrogens with zero attached hydrogens (tertiary/aromatic N) is 4. The molecular weight excluding hydrogens is 258 g/mol. The molecule has 0 amide bonds. The van der Waals surface area contributed by atoms with Gasteiger partial charge in [-0.1, -0.05) is 0 Å². The highest BCUT2D eigenvalue weighted by molar-refractivity contribution is 7.17. The summed E-state index contributed by atoms with van der Waals surface area (Å²) < 4.78 is 2.19. The lowest BCUT2D eigenvalue weighted by molar-refractivity contribution is 0.669. The van der Waals surface area contributed by atoms with Gasteiger partial charge in [0.2, 0.25) is 0 Å². The van der Waals surface area contributed by atoms with Crippen molar-refractivity contribution in [3.05, 3.63) is 35.5 Å². The topological polar surface area (TPSA) is 55.6 Å². The Bertz CT molecular complexity index is 724. The standard InChI is InChI=1S/C13H13N5S/c1-8-5-19-13-11(8)12(15-6-16-13)17-9-2-10-3-14-7-18(10)4-9/h3,5-7,9H,2,4H2,1H3,(H,15,16,17). The molecule has 6 heteroatoms. The van der Waals surface area contributed by atoms with Gasteiger partial charge in [0.05, 0.1) is 17.8 Å². The van der Waals surface area contributed by atoms with Gasteiger partial charge in [-0.05, 0) is 17.9 Å². The van der Waals surface area contributed by atoms with E-state index in [-0.39, 0.29) is 0 Å². The third-order valence-electron chi connectivity index (χ3n) is 3.57. The van der Waals surface area contributed by atoms with Crippen molar-refractivity contribution in [1.82, 2.24) is 19.5 Å². The van der Waals surface area contributed by atoms with Gasteiger partial charge >= 0.3 is 0 Å². The smallest absolute Gasteiger partial charge is 0.138 e. The fraction of sp³-hybridized carbons (Fsp3) is 0.308. The fourth-order valence-electron chi connectivity index (χ4n) is 2.65. The highest BCUT2D eigenvalue weighted by atomic mass is 32.1. The number of rotatable bonds is 2. The number of aromatic nitrogens is 4. The Hall–Kier alpha value is -1.95. The molecule has 1 aliphatic rings. The minimum absolute atomic E-state index is 0.385. The summed E-state index contributed by atoms with van der Waals surface area (Å²) >= 11 is 1.67. The van der Waals surface area contributed by atoms with E-state index in [1.165, 1.54) is 11.3 Å². The predicted molar refractivity (Wildman–Crippen MR) is 75.5 cm³/mol. The summed E-state index contributed by atoms with van der Waals surface area (Å²) in [4.78, 5) is 13.9. The molecule has 1 aliphatic heterocycles. The predicted octanol–water partition coefficient (Wildman–Crippen LogP) is 2.23. The molecule has 0 radical (unpaired) electrons. The molecule has 3 aromatic rings. The van der Waals surface area contributed by atoms with Gasteiger partial charge in [0.1, 0.15) is 17.0 Å². The lowest BCUT2D eigenvalue weighted by Gasteiger charge is -2.13. The van der Waals surface area contributed by atoms with E-state index in [1.54, 1.807) is 17.7 Å². The van der Waals surface area contributed by atoms with Crippen molar-refractivity contribution >= 4 is 27.4 Å². The van der Waals surface area contributed by atoms with Crippen molar-refractivity contribution in [1.29, 1.82) is 0 Å². The van der Waals surface area contributed by atoms with Crippen LogP contribution in [0.3, 0.4) is 0 Å². The van der Waals surface area contributed by atoms with Crippen LogP contribution in [0, 0.1) is 6.92 Å². The molecule has 0 aromatic carbocycles. The van der Waals surface area contributed by atoms with E-state index in [2.05, 4.69) is 37.1 Å². The zero-order chi connectivity index (χ0) is 12.8. The Morgan fingerprint density at radius 1 is 1.42 bits per heavy atom. The van der Waals surface area contributed by atoms with E-state index < -0.39 is 0 Å². The quantitative estimate of drug-likeness (QED) is 0.776. The maximum atomic E-state index is 4.41. The second kappa shape index (κ2) is 4.03. The maximum absolute atomic E-state index is 4.41. The van der Waals surface area contributed by atoms with Crippen molar-refractivity contribution in [2.24, 2.45) is 0 Å². The van der Waals surface area contributed by atoms with Gasteiger partial charge in [-0.2, -0.15) is 0 Å². The molecule has 0 fully saturated rings. The van der Waals surface area contributed by atoms with E-state index in [0.29, 0.717) is 6.04 Å². The molecule has 1 atom stereocenters. The number of imidazole rings is 1. The summed E-state index contributed by atoms with van der Waals surface area (Å²) in [6.07, 6.45) is 6.46. The summed E-state index contributed by atoms with van der Waals surface area (Å²) in [7, 11) is 0. The highest BCUT2D eigenvalue weighted by Crippen LogP contribution is 2.29. The number of anilines is 1. The largest absolute Gasteiger partial charge is 0.364 e. The van der Waals surface area contributed by atoms with Crippen LogP contribution in [0.4, 0.5) is 5.82 Å². The Kier molecular flexibility index (Phi) is 2.32. The Morgan fingerprint density at radius 3 is 3.26 bits per heavy atom. The van der Waals surface area contributed by atoms with Gasteiger partial charge in [0, 0.05) is 24.9 Å². The lowest BCUT2D eigenvalue weighted by Crippen LogP contribution is -2.21. The van der Waals surface area contributed by atoms with Crippen LogP contribution in [0.15, 0.2) is 24.2 Å². The number of hydrogen-bond acceptors (Lipinski definition) is 5. The second-order valence-corrected chi connectivity index (χ2v) is 5.76. The lowest BCUT2D eigenvalue weighted by atomic mass is 10.2. The number of hydrogen-bond donors (Lipinski definition) is 1. The normalized spacial score (nSPS) is 17.8. The zero-order valence-corrected chi connectivity index (χ0v) is 11.3. The van der Waals surface area contributed by atoms with Gasteiger partial charge < -0.3 is 9.88 Å². The van der Waals surface area contributed by atoms with Crippen molar-refractivity contribution in [2.45, 2.75) is 25.9 Å². The van der Waals surface area contributed by atoms with Crippen molar-refractivity contribution in [3.63, 3.8) is 0 Å². The van der Waals surface area contributed by atoms with E-state index in [0.717, 1.165) is 29.0 Å². The van der Waals surface area contributed by atoms with Gasteiger partial charge in [0.15, 0.2) is 0 Å². The van der Waals surface area contributed by atoms with Gasteiger partial charge in [-0.25, -0.2) is 15.0 Å². The highest BCUT2D eigenvalue weighted by Gasteiger charge is 2.22. The van der Waals surface area contributed by atoms with Gasteiger partial charge in [0.25, 0.3) is 0 Å². The first-order valence-electron chi connectivity index (χ1n) is 6.25. The third-order valence-corrected chi connectivity index (χ3v) is 4.57. The van der Waals surface area contributed by atoms with Crippen LogP contribution >= 0.6 is 11.3 Å². The van der Waals surface area contributed by atoms with Crippen LogP contribution < -0.4 is 5.32 Å². The molecule has 19 heavy (non-hydrogen) atoms. The number of thiophene rings is 1. The maximum Gasteiger partial charge on any atom is 0.138 e. The van der Waals surface area contributed by atoms with Crippen LogP contribution in [0.25, 0.3) is 10.2 Å². The molecule has 0 saturated carbocycles. The average Bonchev–Trinajstić information content (AvgIpc) is 3.05. The van der Waals surface area contributed by atoms with Crippen molar-refractivity contribution in [2.75, 3.05) is 5.32 Å². The van der Waals surface area contributed by atoms with Gasteiger partial charge in [-0.3, -0.25) is 0 Å². The molecule has 3 aromatic heterocycles. The molecule has 0 aliphatic carbocycles.